The molecule has 0 radical (unpaired) electrons. The monoisotopic (exact) mass is 375 g/mol. The largest absolute Gasteiger partial charge is 0.494 e. The van der Waals surface area contributed by atoms with E-state index < -0.39 is 0 Å². The Hall–Kier alpha value is -1.10. The molecule has 4 nitrogen and oxygen atoms in total. The second-order valence-corrected chi connectivity index (χ2v) is 8.13. The molecule has 0 unspecified atom stereocenters. The molecule has 0 saturated carbocycles. The van der Waals surface area contributed by atoms with Gasteiger partial charge in [0.2, 0.25) is 0 Å². The standard InChI is InChI=1S/C23H41N3O/c1-21(2)26-16-14-25(15-17-26)20-22-11-10-12-23(19-22)27-18-9-7-5-4-6-8-13-24-3/h10-12,19,21,24H,4-9,13-18,20H2,1-3H3. The Bertz CT molecular complexity index is 498. The lowest BCUT2D eigenvalue weighted by Crippen LogP contribution is -2.48. The third kappa shape index (κ3) is 9.09. The molecule has 1 aliphatic heterocycles. The van der Waals surface area contributed by atoms with E-state index in [2.05, 4.69) is 53.2 Å². The van der Waals surface area contributed by atoms with E-state index in [1.54, 1.807) is 0 Å². The van der Waals surface area contributed by atoms with Gasteiger partial charge in [0.25, 0.3) is 0 Å². The molecule has 1 aromatic rings. The molecule has 1 fully saturated rings. The molecule has 1 aromatic carbocycles. The fourth-order valence-electron chi connectivity index (χ4n) is 3.73. The van der Waals surface area contributed by atoms with Gasteiger partial charge in [-0.25, -0.2) is 0 Å². The Morgan fingerprint density at radius 1 is 0.963 bits per heavy atom. The summed E-state index contributed by atoms with van der Waals surface area (Å²) in [5.74, 6) is 1.03. The maximum atomic E-state index is 5.99. The smallest absolute Gasteiger partial charge is 0.119 e. The molecule has 1 N–H and O–H groups in total. The Morgan fingerprint density at radius 3 is 2.37 bits per heavy atom. The molecule has 1 saturated heterocycles. The van der Waals surface area contributed by atoms with Gasteiger partial charge in [-0.15, -0.1) is 0 Å². The minimum Gasteiger partial charge on any atom is -0.494 e. The van der Waals surface area contributed by atoms with Crippen molar-refractivity contribution < 1.29 is 4.74 Å². The predicted molar refractivity (Wildman–Crippen MR) is 116 cm³/mol. The van der Waals surface area contributed by atoms with Gasteiger partial charge in [0.1, 0.15) is 5.75 Å². The van der Waals surface area contributed by atoms with Crippen LogP contribution in [0, 0.1) is 0 Å². The Kier molecular flexibility index (Phi) is 10.8. The molecule has 27 heavy (non-hydrogen) atoms. The highest BCUT2D eigenvalue weighted by Crippen LogP contribution is 2.17. The highest BCUT2D eigenvalue weighted by Gasteiger charge is 2.18. The molecule has 0 aromatic heterocycles. The molecule has 0 bridgehead atoms. The summed E-state index contributed by atoms with van der Waals surface area (Å²) in [6.07, 6.45) is 7.75. The molecular weight excluding hydrogens is 334 g/mol. The summed E-state index contributed by atoms with van der Waals surface area (Å²) in [5, 5.41) is 3.21. The Morgan fingerprint density at radius 2 is 1.67 bits per heavy atom. The van der Waals surface area contributed by atoms with E-state index in [0.29, 0.717) is 6.04 Å². The topological polar surface area (TPSA) is 27.7 Å². The number of nitrogens with zero attached hydrogens (tertiary/aromatic N) is 2. The van der Waals surface area contributed by atoms with Crippen LogP contribution in [0.3, 0.4) is 0 Å². The van der Waals surface area contributed by atoms with Crippen molar-refractivity contribution >= 4 is 0 Å². The van der Waals surface area contributed by atoms with Crippen LogP contribution in [0.15, 0.2) is 24.3 Å². The average molecular weight is 376 g/mol. The lowest BCUT2D eigenvalue weighted by Gasteiger charge is -2.36. The molecule has 154 valence electrons. The molecule has 0 spiro atoms. The number of nitrogens with one attached hydrogen (secondary N) is 1. The van der Waals surface area contributed by atoms with Crippen molar-refractivity contribution in [1.82, 2.24) is 15.1 Å². The summed E-state index contributed by atoms with van der Waals surface area (Å²) >= 11 is 0. The number of piperazine rings is 1. The summed E-state index contributed by atoms with van der Waals surface area (Å²) in [7, 11) is 2.03. The lowest BCUT2D eigenvalue weighted by molar-refractivity contribution is 0.104. The second kappa shape index (κ2) is 13.1. The Labute approximate surface area is 167 Å². The van der Waals surface area contributed by atoms with Crippen molar-refractivity contribution in [3.05, 3.63) is 29.8 Å². The molecule has 2 rings (SSSR count). The van der Waals surface area contributed by atoms with Crippen molar-refractivity contribution in [1.29, 1.82) is 0 Å². The van der Waals surface area contributed by atoms with E-state index in [9.17, 15) is 0 Å². The lowest BCUT2D eigenvalue weighted by atomic mass is 10.1. The van der Waals surface area contributed by atoms with E-state index in [1.807, 2.05) is 7.05 Å². The summed E-state index contributed by atoms with van der Waals surface area (Å²) in [5.41, 5.74) is 1.37. The summed E-state index contributed by atoms with van der Waals surface area (Å²) in [6.45, 7) is 12.3. The fraction of sp³-hybridized carbons (Fsp3) is 0.739. The summed E-state index contributed by atoms with van der Waals surface area (Å²) in [6, 6.07) is 9.35. The normalized spacial score (nSPS) is 16.1. The van der Waals surface area contributed by atoms with Crippen LogP contribution in [0.25, 0.3) is 0 Å². The van der Waals surface area contributed by atoms with Crippen LogP contribution in [0.4, 0.5) is 0 Å². The van der Waals surface area contributed by atoms with Gasteiger partial charge in [-0.1, -0.05) is 37.8 Å². The Balaban J connectivity index is 1.60. The van der Waals surface area contributed by atoms with Gasteiger partial charge in [0.15, 0.2) is 0 Å². The van der Waals surface area contributed by atoms with Gasteiger partial charge >= 0.3 is 0 Å². The van der Waals surface area contributed by atoms with Crippen LogP contribution in [-0.2, 0) is 6.54 Å². The maximum absolute atomic E-state index is 5.99. The maximum Gasteiger partial charge on any atom is 0.119 e. The minimum atomic E-state index is 0.664. The van der Waals surface area contributed by atoms with Gasteiger partial charge in [-0.3, -0.25) is 9.80 Å². The quantitative estimate of drug-likeness (QED) is 0.524. The SMILES string of the molecule is CNCCCCCCCCOc1cccc(CN2CCN(C(C)C)CC2)c1. The molecule has 1 heterocycles. The number of hydrogen-bond acceptors (Lipinski definition) is 4. The number of unbranched alkanes of at least 4 members (excludes halogenated alkanes) is 5. The van der Waals surface area contributed by atoms with Crippen molar-refractivity contribution in [3.63, 3.8) is 0 Å². The first-order chi connectivity index (χ1) is 13.2. The number of hydrogen-bond donors (Lipinski definition) is 1. The summed E-state index contributed by atoms with van der Waals surface area (Å²) < 4.78 is 5.99. The van der Waals surface area contributed by atoms with E-state index >= 15 is 0 Å². The van der Waals surface area contributed by atoms with Gasteiger partial charge in [-0.2, -0.15) is 0 Å². The number of benzene rings is 1. The first-order valence-corrected chi connectivity index (χ1v) is 11.0. The third-order valence-corrected chi connectivity index (χ3v) is 5.53. The van der Waals surface area contributed by atoms with Crippen LogP contribution >= 0.6 is 0 Å². The van der Waals surface area contributed by atoms with Crippen LogP contribution < -0.4 is 10.1 Å². The highest BCUT2D eigenvalue weighted by atomic mass is 16.5. The van der Waals surface area contributed by atoms with Crippen LogP contribution in [0.1, 0.15) is 57.9 Å². The van der Waals surface area contributed by atoms with Crippen LogP contribution in [-0.4, -0.2) is 62.2 Å². The first kappa shape index (κ1) is 22.2. The fourth-order valence-corrected chi connectivity index (χ4v) is 3.73. The van der Waals surface area contributed by atoms with Crippen LogP contribution in [0.5, 0.6) is 5.75 Å². The molecular formula is C23H41N3O. The molecule has 0 aliphatic carbocycles. The zero-order chi connectivity index (χ0) is 19.3. The first-order valence-electron chi connectivity index (χ1n) is 11.0. The van der Waals surface area contributed by atoms with Gasteiger partial charge < -0.3 is 10.1 Å². The van der Waals surface area contributed by atoms with Crippen molar-refractivity contribution in [2.24, 2.45) is 0 Å². The van der Waals surface area contributed by atoms with E-state index in [4.69, 9.17) is 4.74 Å². The second-order valence-electron chi connectivity index (χ2n) is 8.13. The number of ether oxygens (including phenoxy) is 1. The van der Waals surface area contributed by atoms with Crippen molar-refractivity contribution in [2.45, 2.75) is 65.0 Å². The van der Waals surface area contributed by atoms with Crippen molar-refractivity contribution in [2.75, 3.05) is 46.4 Å². The van der Waals surface area contributed by atoms with Gasteiger partial charge in [0, 0.05) is 38.8 Å². The molecule has 4 heteroatoms. The van der Waals surface area contributed by atoms with E-state index in [0.717, 1.165) is 45.0 Å². The van der Waals surface area contributed by atoms with Gasteiger partial charge in [0.05, 0.1) is 6.61 Å². The zero-order valence-corrected chi connectivity index (χ0v) is 17.9. The molecule has 0 atom stereocenters. The average Bonchev–Trinajstić information content (AvgIpc) is 2.67. The third-order valence-electron chi connectivity index (χ3n) is 5.53. The highest BCUT2D eigenvalue weighted by molar-refractivity contribution is 5.28. The zero-order valence-electron chi connectivity index (χ0n) is 17.9. The molecule has 1 aliphatic rings. The van der Waals surface area contributed by atoms with Gasteiger partial charge in [-0.05, 0) is 58.0 Å². The summed E-state index contributed by atoms with van der Waals surface area (Å²) in [4.78, 5) is 5.13. The minimum absolute atomic E-state index is 0.664. The van der Waals surface area contributed by atoms with Crippen molar-refractivity contribution in [3.8, 4) is 5.75 Å². The van der Waals surface area contributed by atoms with Crippen LogP contribution in [0.2, 0.25) is 0 Å². The predicted octanol–water partition coefficient (Wildman–Crippen LogP) is 4.15. The molecule has 0 amide bonds. The van der Waals surface area contributed by atoms with E-state index in [1.165, 1.54) is 50.8 Å². The number of rotatable bonds is 13. The van der Waals surface area contributed by atoms with E-state index in [-0.39, 0.29) is 0 Å².